The van der Waals surface area contributed by atoms with E-state index in [9.17, 15) is 29.3 Å². The number of ketones is 1. The van der Waals surface area contributed by atoms with Gasteiger partial charge in [-0.05, 0) is 76.9 Å². The normalized spacial score (nSPS) is 12.4. The number of hydrogen-bond donors (Lipinski definition) is 0. The highest BCUT2D eigenvalue weighted by Gasteiger charge is 2.36. The summed E-state index contributed by atoms with van der Waals surface area (Å²) in [7, 11) is 0. The van der Waals surface area contributed by atoms with E-state index in [1.165, 1.54) is 30.3 Å². The van der Waals surface area contributed by atoms with Gasteiger partial charge in [-0.15, -0.1) is 0 Å². The molecule has 0 unspecified atom stereocenters. The van der Waals surface area contributed by atoms with Gasteiger partial charge in [-0.25, -0.2) is 14.7 Å². The minimum atomic E-state index is -0.796. The molecule has 0 aliphatic carbocycles. The van der Waals surface area contributed by atoms with Crippen LogP contribution in [-0.4, -0.2) is 40.1 Å². The molecular weight excluding hydrogens is 666 g/mol. The number of aromatic nitrogens is 1. The molecule has 1 aromatic heterocycles. The molecule has 0 bridgehead atoms. The summed E-state index contributed by atoms with van der Waals surface area (Å²) < 4.78 is 5.92. The van der Waals surface area contributed by atoms with Gasteiger partial charge in [0, 0.05) is 33.1 Å². The number of carbonyl (C=O) groups excluding carboxylic acids is 4. The number of imide groups is 1. The molecule has 0 N–H and O–H groups in total. The molecule has 222 valence electrons. The molecule has 1 aliphatic heterocycles. The topological polar surface area (TPSA) is 137 Å². The van der Waals surface area contributed by atoms with Crippen LogP contribution in [0.2, 0.25) is 5.02 Å². The predicted molar refractivity (Wildman–Crippen MR) is 170 cm³/mol. The molecule has 0 atom stereocenters. The number of carbonyl (C=O) groups is 4. The third-order valence-corrected chi connectivity index (χ3v) is 8.73. The maximum Gasteiger partial charge on any atom is 0.339 e. The second-order valence-electron chi connectivity index (χ2n) is 10.1. The van der Waals surface area contributed by atoms with Crippen LogP contribution in [0.5, 0.6) is 0 Å². The molecule has 5 aromatic rings. The first kappa shape index (κ1) is 29.8. The van der Waals surface area contributed by atoms with Crippen LogP contribution in [0, 0.1) is 17.0 Å². The second kappa shape index (κ2) is 11.7. The van der Waals surface area contributed by atoms with E-state index in [2.05, 4.69) is 15.9 Å². The first-order valence-corrected chi connectivity index (χ1v) is 14.5. The van der Waals surface area contributed by atoms with Gasteiger partial charge in [-0.3, -0.25) is 24.5 Å². The van der Waals surface area contributed by atoms with Gasteiger partial charge in [-0.1, -0.05) is 35.9 Å². The Morgan fingerprint density at radius 2 is 1.58 bits per heavy atom. The van der Waals surface area contributed by atoms with E-state index in [0.717, 1.165) is 4.90 Å². The number of Topliss-reactive ketones (excluding diaryl/α,β-unsaturated/α-hetero) is 1. The highest BCUT2D eigenvalue weighted by Crippen LogP contribution is 2.36. The Morgan fingerprint density at radius 1 is 0.956 bits per heavy atom. The van der Waals surface area contributed by atoms with E-state index < -0.39 is 35.1 Å². The summed E-state index contributed by atoms with van der Waals surface area (Å²) in [6, 6.07) is 21.3. The molecule has 4 aromatic carbocycles. The second-order valence-corrected chi connectivity index (χ2v) is 11.3. The molecule has 0 spiro atoms. The number of rotatable bonds is 7. The van der Waals surface area contributed by atoms with Gasteiger partial charge in [0.05, 0.1) is 43.5 Å². The van der Waals surface area contributed by atoms with Gasteiger partial charge in [0.1, 0.15) is 0 Å². The van der Waals surface area contributed by atoms with Crippen LogP contribution in [0.15, 0.2) is 89.4 Å². The quantitative estimate of drug-likeness (QED) is 0.0570. The number of aryl methyl sites for hydroxylation is 1. The smallest absolute Gasteiger partial charge is 0.339 e. The number of ether oxygens (including phenoxy) is 1. The molecule has 0 radical (unpaired) electrons. The zero-order chi connectivity index (χ0) is 32.0. The summed E-state index contributed by atoms with van der Waals surface area (Å²) in [5.41, 5.74) is 3.12. The van der Waals surface area contributed by atoms with E-state index in [-0.39, 0.29) is 16.8 Å². The maximum absolute atomic E-state index is 13.4. The Kier molecular flexibility index (Phi) is 7.73. The van der Waals surface area contributed by atoms with Gasteiger partial charge >= 0.3 is 5.97 Å². The van der Waals surface area contributed by atoms with Crippen molar-refractivity contribution in [2.75, 3.05) is 11.5 Å². The summed E-state index contributed by atoms with van der Waals surface area (Å²) in [4.78, 5) is 68.2. The minimum Gasteiger partial charge on any atom is -0.454 e. The number of anilines is 1. The number of nitro benzene ring substituents is 1. The van der Waals surface area contributed by atoms with E-state index in [1.54, 1.807) is 61.5 Å². The number of halogens is 2. The van der Waals surface area contributed by atoms with E-state index in [1.807, 2.05) is 0 Å². The third-order valence-electron chi connectivity index (χ3n) is 7.39. The van der Waals surface area contributed by atoms with Crippen molar-refractivity contribution >= 4 is 73.4 Å². The third kappa shape index (κ3) is 5.36. The lowest BCUT2D eigenvalue weighted by Gasteiger charge is -2.15. The number of nitro groups is 1. The number of esters is 1. The fourth-order valence-corrected chi connectivity index (χ4v) is 5.71. The summed E-state index contributed by atoms with van der Waals surface area (Å²) >= 11 is 9.90. The minimum absolute atomic E-state index is 0.122. The Bertz CT molecular complexity index is 2060. The molecular formula is C33H19BrClN3O7. The SMILES string of the molecule is Cc1c(Cl)c(Br)cc2c(C(=O)OCC(=O)c3ccc([N+](=O)[O-])cc3)cc(-c3ccc(N4C(=O)c5ccccc5C4=O)cc3)nc12. The Labute approximate surface area is 268 Å². The lowest BCUT2D eigenvalue weighted by Crippen LogP contribution is -2.29. The Hall–Kier alpha value is -5.26. The molecule has 12 heteroatoms. The fraction of sp³-hybridized carbons (Fsp3) is 0.0606. The first-order chi connectivity index (χ1) is 21.5. The van der Waals surface area contributed by atoms with Crippen molar-refractivity contribution in [3.8, 4) is 11.3 Å². The van der Waals surface area contributed by atoms with E-state index >= 15 is 0 Å². The molecule has 1 aliphatic rings. The van der Waals surface area contributed by atoms with Crippen LogP contribution in [0.4, 0.5) is 11.4 Å². The molecule has 0 saturated heterocycles. The number of fused-ring (bicyclic) bond motifs is 2. The number of hydrogen-bond acceptors (Lipinski definition) is 8. The summed E-state index contributed by atoms with van der Waals surface area (Å²) in [6.07, 6.45) is 0. The van der Waals surface area contributed by atoms with Crippen LogP contribution in [0.25, 0.3) is 22.2 Å². The fourth-order valence-electron chi connectivity index (χ4n) is 5.04. The summed E-state index contributed by atoms with van der Waals surface area (Å²) in [6.45, 7) is 1.16. The Morgan fingerprint density at radius 3 is 2.18 bits per heavy atom. The zero-order valence-corrected chi connectivity index (χ0v) is 25.6. The molecule has 10 nitrogen and oxygen atoms in total. The zero-order valence-electron chi connectivity index (χ0n) is 23.2. The lowest BCUT2D eigenvalue weighted by atomic mass is 10.0. The monoisotopic (exact) mass is 683 g/mol. The molecule has 45 heavy (non-hydrogen) atoms. The van der Waals surface area contributed by atoms with Crippen LogP contribution < -0.4 is 4.90 Å². The summed E-state index contributed by atoms with van der Waals surface area (Å²) in [5, 5.41) is 11.7. The maximum atomic E-state index is 13.4. The molecule has 0 saturated carbocycles. The molecule has 0 fully saturated rings. The van der Waals surface area contributed by atoms with Crippen molar-refractivity contribution in [3.05, 3.63) is 132 Å². The number of nitrogens with zero attached hydrogens (tertiary/aromatic N) is 3. The van der Waals surface area contributed by atoms with Gasteiger partial charge in [-0.2, -0.15) is 0 Å². The largest absolute Gasteiger partial charge is 0.454 e. The van der Waals surface area contributed by atoms with Gasteiger partial charge in [0.2, 0.25) is 0 Å². The van der Waals surface area contributed by atoms with Crippen molar-refractivity contribution in [2.45, 2.75) is 6.92 Å². The average molecular weight is 685 g/mol. The van der Waals surface area contributed by atoms with E-state index in [0.29, 0.717) is 54.0 Å². The van der Waals surface area contributed by atoms with Gasteiger partial charge in [0.15, 0.2) is 12.4 Å². The first-order valence-electron chi connectivity index (χ1n) is 13.4. The number of non-ortho nitro benzene ring substituents is 1. The average Bonchev–Trinajstić information content (AvgIpc) is 3.31. The predicted octanol–water partition coefficient (Wildman–Crippen LogP) is 7.37. The van der Waals surface area contributed by atoms with Crippen molar-refractivity contribution in [2.24, 2.45) is 0 Å². The molecule has 2 amide bonds. The van der Waals surface area contributed by atoms with Crippen LogP contribution in [0.1, 0.15) is 47.0 Å². The standard InChI is InChI=1S/C33H19BrClN3O7/c1-17-29(35)26(34)14-24-25(33(42)45-16-28(39)19-8-12-21(13-9-19)38(43)44)15-27(36-30(17)24)18-6-10-20(11-7-18)37-31(40)22-4-2-3-5-23(22)32(37)41/h2-15H,16H2,1H3. The van der Waals surface area contributed by atoms with Crippen molar-refractivity contribution in [3.63, 3.8) is 0 Å². The molecule has 6 rings (SSSR count). The number of amides is 2. The van der Waals surface area contributed by atoms with Gasteiger partial charge in [0.25, 0.3) is 17.5 Å². The van der Waals surface area contributed by atoms with Crippen LogP contribution in [-0.2, 0) is 4.74 Å². The molecule has 2 heterocycles. The van der Waals surface area contributed by atoms with Gasteiger partial charge < -0.3 is 4.74 Å². The summed E-state index contributed by atoms with van der Waals surface area (Å²) in [5.74, 6) is -2.18. The van der Waals surface area contributed by atoms with Crippen LogP contribution >= 0.6 is 27.5 Å². The van der Waals surface area contributed by atoms with Crippen molar-refractivity contribution in [1.82, 2.24) is 4.98 Å². The van der Waals surface area contributed by atoms with Crippen molar-refractivity contribution < 1.29 is 28.8 Å². The lowest BCUT2D eigenvalue weighted by molar-refractivity contribution is -0.384. The number of pyridine rings is 1. The Balaban J connectivity index is 1.32. The highest BCUT2D eigenvalue weighted by atomic mass is 79.9. The van der Waals surface area contributed by atoms with E-state index in [4.69, 9.17) is 21.3 Å². The number of benzene rings is 4. The highest BCUT2D eigenvalue weighted by molar-refractivity contribution is 9.10. The van der Waals surface area contributed by atoms with Crippen LogP contribution in [0.3, 0.4) is 0 Å². The van der Waals surface area contributed by atoms with Crippen molar-refractivity contribution in [1.29, 1.82) is 0 Å².